The van der Waals surface area contributed by atoms with Gasteiger partial charge >= 0.3 is 5.97 Å². The molecule has 0 unspecified atom stereocenters. The number of thiazole rings is 1. The number of aliphatic carboxylic acids is 1. The minimum atomic E-state index is -0.840. The molecule has 0 radical (unpaired) electrons. The van der Waals surface area contributed by atoms with E-state index in [9.17, 15) is 4.79 Å². The van der Waals surface area contributed by atoms with Crippen LogP contribution in [0.4, 0.5) is 0 Å². The van der Waals surface area contributed by atoms with Crippen LogP contribution in [0.15, 0.2) is 30.5 Å². The number of benzene rings is 1. The summed E-state index contributed by atoms with van der Waals surface area (Å²) < 4.78 is 5.73. The average molecular weight is 277 g/mol. The van der Waals surface area contributed by atoms with Crippen molar-refractivity contribution in [1.82, 2.24) is 4.98 Å². The summed E-state index contributed by atoms with van der Waals surface area (Å²) in [7, 11) is 0. The third-order valence-corrected chi connectivity index (χ3v) is 3.60. The normalized spacial score (nSPS) is 10.4. The minimum Gasteiger partial charge on any atom is -0.486 e. The van der Waals surface area contributed by atoms with Gasteiger partial charge in [0.05, 0.1) is 6.42 Å². The first kappa shape index (κ1) is 13.5. The van der Waals surface area contributed by atoms with Crippen LogP contribution in [-0.2, 0) is 24.2 Å². The molecule has 0 bridgehead atoms. The Morgan fingerprint density at radius 1 is 1.42 bits per heavy atom. The van der Waals surface area contributed by atoms with Gasteiger partial charge in [0.1, 0.15) is 17.4 Å². The smallest absolute Gasteiger partial charge is 0.308 e. The number of rotatable bonds is 6. The molecule has 0 amide bonds. The molecule has 19 heavy (non-hydrogen) atoms. The Morgan fingerprint density at radius 3 is 2.95 bits per heavy atom. The topological polar surface area (TPSA) is 59.4 Å². The van der Waals surface area contributed by atoms with E-state index < -0.39 is 5.97 Å². The molecule has 0 spiro atoms. The van der Waals surface area contributed by atoms with Gasteiger partial charge in [0.25, 0.3) is 0 Å². The summed E-state index contributed by atoms with van der Waals surface area (Å²) in [4.78, 5) is 15.5. The SMILES string of the molecule is CCc1ccccc1OCc1ncc(CC(=O)O)s1. The molecule has 0 fully saturated rings. The Hall–Kier alpha value is -1.88. The van der Waals surface area contributed by atoms with Crippen molar-refractivity contribution in [3.05, 3.63) is 45.9 Å². The largest absolute Gasteiger partial charge is 0.486 e. The maximum absolute atomic E-state index is 10.6. The van der Waals surface area contributed by atoms with Crippen molar-refractivity contribution < 1.29 is 14.6 Å². The summed E-state index contributed by atoms with van der Waals surface area (Å²) in [5, 5.41) is 9.49. The van der Waals surface area contributed by atoms with Gasteiger partial charge in [-0.2, -0.15) is 0 Å². The van der Waals surface area contributed by atoms with Crippen molar-refractivity contribution in [2.45, 2.75) is 26.4 Å². The second kappa shape index (κ2) is 6.33. The van der Waals surface area contributed by atoms with Gasteiger partial charge in [-0.1, -0.05) is 25.1 Å². The van der Waals surface area contributed by atoms with Crippen molar-refractivity contribution in [3.8, 4) is 5.75 Å². The lowest BCUT2D eigenvalue weighted by atomic mass is 10.1. The molecule has 0 saturated carbocycles. The van der Waals surface area contributed by atoms with Gasteiger partial charge in [0.2, 0.25) is 0 Å². The van der Waals surface area contributed by atoms with Crippen LogP contribution >= 0.6 is 11.3 Å². The molecule has 0 aliphatic carbocycles. The number of carboxylic acids is 1. The zero-order valence-electron chi connectivity index (χ0n) is 10.6. The van der Waals surface area contributed by atoms with Crippen molar-refractivity contribution in [1.29, 1.82) is 0 Å². The molecule has 4 nitrogen and oxygen atoms in total. The van der Waals surface area contributed by atoms with Crippen LogP contribution in [0, 0.1) is 0 Å². The molecular formula is C14H15NO3S. The van der Waals surface area contributed by atoms with E-state index in [1.54, 1.807) is 6.20 Å². The number of hydrogen-bond donors (Lipinski definition) is 1. The van der Waals surface area contributed by atoms with Gasteiger partial charge in [-0.05, 0) is 18.1 Å². The number of nitrogens with zero attached hydrogens (tertiary/aromatic N) is 1. The molecule has 0 saturated heterocycles. The molecule has 5 heteroatoms. The quantitative estimate of drug-likeness (QED) is 0.882. The molecule has 100 valence electrons. The zero-order valence-corrected chi connectivity index (χ0v) is 11.4. The number of hydrogen-bond acceptors (Lipinski definition) is 4. The summed E-state index contributed by atoms with van der Waals surface area (Å²) >= 11 is 1.38. The second-order valence-electron chi connectivity index (χ2n) is 4.04. The fourth-order valence-corrected chi connectivity index (χ4v) is 2.55. The van der Waals surface area contributed by atoms with Crippen LogP contribution in [0.1, 0.15) is 22.4 Å². The van der Waals surface area contributed by atoms with E-state index in [4.69, 9.17) is 9.84 Å². The third-order valence-electron chi connectivity index (χ3n) is 2.63. The molecular weight excluding hydrogens is 262 g/mol. The Bertz CT molecular complexity index is 565. The molecule has 1 N–H and O–H groups in total. The van der Waals surface area contributed by atoms with Crippen LogP contribution in [0.25, 0.3) is 0 Å². The van der Waals surface area contributed by atoms with Gasteiger partial charge in [-0.3, -0.25) is 4.79 Å². The summed E-state index contributed by atoms with van der Waals surface area (Å²) in [6.45, 7) is 2.46. The van der Waals surface area contributed by atoms with E-state index in [1.807, 2.05) is 24.3 Å². The summed E-state index contributed by atoms with van der Waals surface area (Å²) in [6, 6.07) is 7.89. The van der Waals surface area contributed by atoms with Crippen LogP contribution in [0.2, 0.25) is 0 Å². The van der Waals surface area contributed by atoms with Crippen LogP contribution in [0.5, 0.6) is 5.75 Å². The fourth-order valence-electron chi connectivity index (χ4n) is 1.72. The molecule has 1 aromatic carbocycles. The number of ether oxygens (including phenoxy) is 1. The van der Waals surface area contributed by atoms with Gasteiger partial charge in [0, 0.05) is 11.1 Å². The Balaban J connectivity index is 1.98. The highest BCUT2D eigenvalue weighted by Gasteiger charge is 2.07. The summed E-state index contributed by atoms with van der Waals surface area (Å²) in [5.41, 5.74) is 1.16. The van der Waals surface area contributed by atoms with Gasteiger partial charge < -0.3 is 9.84 Å². The van der Waals surface area contributed by atoms with Crippen molar-refractivity contribution >= 4 is 17.3 Å². The van der Waals surface area contributed by atoms with Crippen molar-refractivity contribution in [2.24, 2.45) is 0 Å². The van der Waals surface area contributed by atoms with Crippen molar-refractivity contribution in [3.63, 3.8) is 0 Å². The van der Waals surface area contributed by atoms with Crippen LogP contribution in [-0.4, -0.2) is 16.1 Å². The lowest BCUT2D eigenvalue weighted by molar-refractivity contribution is -0.136. The van der Waals surface area contributed by atoms with E-state index in [2.05, 4.69) is 11.9 Å². The first-order valence-corrected chi connectivity index (χ1v) is 6.86. The highest BCUT2D eigenvalue weighted by molar-refractivity contribution is 7.11. The Kier molecular flexibility index (Phi) is 4.52. The van der Waals surface area contributed by atoms with E-state index in [-0.39, 0.29) is 6.42 Å². The second-order valence-corrected chi connectivity index (χ2v) is 5.24. The van der Waals surface area contributed by atoms with E-state index in [0.717, 1.165) is 27.6 Å². The van der Waals surface area contributed by atoms with E-state index in [0.29, 0.717) is 6.61 Å². The fraction of sp³-hybridized carbons (Fsp3) is 0.286. The van der Waals surface area contributed by atoms with E-state index in [1.165, 1.54) is 11.3 Å². The number of aryl methyl sites for hydroxylation is 1. The average Bonchev–Trinajstić information content (AvgIpc) is 2.83. The number of para-hydroxylation sites is 1. The highest BCUT2D eigenvalue weighted by Crippen LogP contribution is 2.21. The lowest BCUT2D eigenvalue weighted by Crippen LogP contribution is -1.97. The lowest BCUT2D eigenvalue weighted by Gasteiger charge is -2.08. The predicted octanol–water partition coefficient (Wildman–Crippen LogP) is 2.91. The molecule has 2 aromatic rings. The Morgan fingerprint density at radius 2 is 2.21 bits per heavy atom. The van der Waals surface area contributed by atoms with Crippen LogP contribution in [0.3, 0.4) is 0 Å². The minimum absolute atomic E-state index is 0.0171. The van der Waals surface area contributed by atoms with Crippen molar-refractivity contribution in [2.75, 3.05) is 0 Å². The monoisotopic (exact) mass is 277 g/mol. The molecule has 1 aromatic heterocycles. The predicted molar refractivity (Wildman–Crippen MR) is 73.6 cm³/mol. The third kappa shape index (κ3) is 3.79. The number of aromatic nitrogens is 1. The molecule has 0 aliphatic rings. The maximum atomic E-state index is 10.6. The van der Waals surface area contributed by atoms with E-state index >= 15 is 0 Å². The molecule has 0 atom stereocenters. The molecule has 2 rings (SSSR count). The molecule has 0 aliphatic heterocycles. The van der Waals surface area contributed by atoms with Gasteiger partial charge in [0.15, 0.2) is 0 Å². The standard InChI is InChI=1S/C14H15NO3S/c1-2-10-5-3-4-6-12(10)18-9-13-15-8-11(19-13)7-14(16)17/h3-6,8H,2,7,9H2,1H3,(H,16,17). The first-order valence-electron chi connectivity index (χ1n) is 6.05. The first-order chi connectivity index (χ1) is 9.19. The number of carbonyl (C=O) groups is 1. The van der Waals surface area contributed by atoms with Gasteiger partial charge in [-0.25, -0.2) is 4.98 Å². The highest BCUT2D eigenvalue weighted by atomic mass is 32.1. The molecule has 1 heterocycles. The summed E-state index contributed by atoms with van der Waals surface area (Å²) in [6.07, 6.45) is 2.53. The van der Waals surface area contributed by atoms with Gasteiger partial charge in [-0.15, -0.1) is 11.3 Å². The maximum Gasteiger partial charge on any atom is 0.308 e. The number of carboxylic acid groups (broad SMARTS) is 1. The van der Waals surface area contributed by atoms with Crippen LogP contribution < -0.4 is 4.74 Å². The zero-order chi connectivity index (χ0) is 13.7. The Labute approximate surface area is 115 Å². The summed E-state index contributed by atoms with van der Waals surface area (Å²) in [5.74, 6) is 0.0208.